The number of nitrogens with one attached hydrogen (secondary N) is 1. The standard InChI is InChI=1S/C18H21NO3/c1-12-4-5-13(2)16(10-12)18(21)19-11-17(20)14-6-8-15(22-3)9-7-14/h4-10,17,20H,11H2,1-3H3,(H,19,21)/t17-/m1/s1. The number of methoxy groups -OCH3 is 1. The van der Waals surface area contributed by atoms with Gasteiger partial charge in [-0.1, -0.05) is 29.8 Å². The van der Waals surface area contributed by atoms with Crippen molar-refractivity contribution in [2.75, 3.05) is 13.7 Å². The summed E-state index contributed by atoms with van der Waals surface area (Å²) in [6, 6.07) is 12.9. The molecule has 1 atom stereocenters. The molecule has 2 aromatic rings. The summed E-state index contributed by atoms with van der Waals surface area (Å²) in [6.07, 6.45) is -0.750. The molecule has 0 spiro atoms. The fourth-order valence-corrected chi connectivity index (χ4v) is 2.21. The molecule has 0 aromatic heterocycles. The molecule has 4 heteroatoms. The second-order valence-corrected chi connectivity index (χ2v) is 5.32. The topological polar surface area (TPSA) is 58.6 Å². The Morgan fingerprint density at radius 3 is 2.50 bits per heavy atom. The zero-order chi connectivity index (χ0) is 16.1. The minimum Gasteiger partial charge on any atom is -0.497 e. The van der Waals surface area contributed by atoms with Crippen LogP contribution in [0.15, 0.2) is 42.5 Å². The second kappa shape index (κ2) is 7.09. The molecule has 0 aliphatic rings. The van der Waals surface area contributed by atoms with Crippen molar-refractivity contribution in [3.05, 3.63) is 64.7 Å². The van der Waals surface area contributed by atoms with E-state index < -0.39 is 6.10 Å². The zero-order valence-electron chi connectivity index (χ0n) is 13.1. The number of carbonyl (C=O) groups is 1. The van der Waals surface area contributed by atoms with Crippen LogP contribution in [0.25, 0.3) is 0 Å². The molecule has 0 aliphatic carbocycles. The number of aliphatic hydroxyl groups excluding tert-OH is 1. The van der Waals surface area contributed by atoms with Crippen molar-refractivity contribution in [2.24, 2.45) is 0 Å². The summed E-state index contributed by atoms with van der Waals surface area (Å²) in [6.45, 7) is 4.01. The molecule has 0 heterocycles. The van der Waals surface area contributed by atoms with E-state index >= 15 is 0 Å². The molecule has 0 saturated carbocycles. The van der Waals surface area contributed by atoms with E-state index in [4.69, 9.17) is 4.74 Å². The number of hydrogen-bond donors (Lipinski definition) is 2. The first-order chi connectivity index (χ1) is 10.5. The van der Waals surface area contributed by atoms with Crippen LogP contribution in [0.3, 0.4) is 0 Å². The van der Waals surface area contributed by atoms with Crippen LogP contribution < -0.4 is 10.1 Å². The molecule has 0 aliphatic heterocycles. The Labute approximate surface area is 130 Å². The molecular formula is C18H21NO3. The summed E-state index contributed by atoms with van der Waals surface area (Å²) in [7, 11) is 1.59. The molecule has 0 radical (unpaired) electrons. The number of rotatable bonds is 5. The molecule has 22 heavy (non-hydrogen) atoms. The van der Waals surface area contributed by atoms with Crippen molar-refractivity contribution in [2.45, 2.75) is 20.0 Å². The van der Waals surface area contributed by atoms with E-state index in [-0.39, 0.29) is 12.5 Å². The SMILES string of the molecule is COc1ccc([C@H](O)CNC(=O)c2cc(C)ccc2C)cc1. The summed E-state index contributed by atoms with van der Waals surface area (Å²) in [5, 5.41) is 12.9. The molecule has 0 unspecified atom stereocenters. The van der Waals surface area contributed by atoms with E-state index in [1.165, 1.54) is 0 Å². The fraction of sp³-hybridized carbons (Fsp3) is 0.278. The minimum absolute atomic E-state index is 0.165. The fourth-order valence-electron chi connectivity index (χ4n) is 2.21. The highest BCUT2D eigenvalue weighted by molar-refractivity contribution is 5.95. The van der Waals surface area contributed by atoms with Gasteiger partial charge in [-0.05, 0) is 43.2 Å². The second-order valence-electron chi connectivity index (χ2n) is 5.32. The van der Waals surface area contributed by atoms with E-state index in [1.807, 2.05) is 32.0 Å². The predicted octanol–water partition coefficient (Wildman–Crippen LogP) is 2.78. The Hall–Kier alpha value is -2.33. The van der Waals surface area contributed by atoms with Gasteiger partial charge in [-0.25, -0.2) is 0 Å². The van der Waals surface area contributed by atoms with Gasteiger partial charge < -0.3 is 15.2 Å². The van der Waals surface area contributed by atoms with Crippen LogP contribution in [0.2, 0.25) is 0 Å². The molecule has 2 aromatic carbocycles. The van der Waals surface area contributed by atoms with Crippen molar-refractivity contribution in [1.82, 2.24) is 5.32 Å². The van der Waals surface area contributed by atoms with Gasteiger partial charge in [0, 0.05) is 12.1 Å². The van der Waals surface area contributed by atoms with Crippen molar-refractivity contribution < 1.29 is 14.6 Å². The van der Waals surface area contributed by atoms with E-state index in [9.17, 15) is 9.90 Å². The van der Waals surface area contributed by atoms with Gasteiger partial charge in [-0.15, -0.1) is 0 Å². The van der Waals surface area contributed by atoms with Gasteiger partial charge in [-0.3, -0.25) is 4.79 Å². The highest BCUT2D eigenvalue weighted by Gasteiger charge is 2.12. The van der Waals surface area contributed by atoms with E-state index in [0.717, 1.165) is 22.4 Å². The Morgan fingerprint density at radius 1 is 1.18 bits per heavy atom. The smallest absolute Gasteiger partial charge is 0.251 e. The predicted molar refractivity (Wildman–Crippen MR) is 86.2 cm³/mol. The van der Waals surface area contributed by atoms with E-state index in [2.05, 4.69) is 5.32 Å². The van der Waals surface area contributed by atoms with Crippen molar-refractivity contribution in [1.29, 1.82) is 0 Å². The van der Waals surface area contributed by atoms with Crippen molar-refractivity contribution >= 4 is 5.91 Å². The third kappa shape index (κ3) is 3.86. The number of hydrogen-bond acceptors (Lipinski definition) is 3. The van der Waals surface area contributed by atoms with Crippen LogP contribution in [0.5, 0.6) is 5.75 Å². The number of amides is 1. The summed E-state index contributed by atoms with van der Waals surface area (Å²) in [5.41, 5.74) is 3.33. The average Bonchev–Trinajstić information content (AvgIpc) is 2.54. The molecular weight excluding hydrogens is 278 g/mol. The maximum atomic E-state index is 12.2. The number of benzene rings is 2. The molecule has 0 saturated heterocycles. The molecule has 0 bridgehead atoms. The lowest BCUT2D eigenvalue weighted by Crippen LogP contribution is -2.29. The zero-order valence-corrected chi connectivity index (χ0v) is 13.1. The largest absolute Gasteiger partial charge is 0.497 e. The lowest BCUT2D eigenvalue weighted by molar-refractivity contribution is 0.0915. The lowest BCUT2D eigenvalue weighted by atomic mass is 10.0. The van der Waals surface area contributed by atoms with Gasteiger partial charge in [0.25, 0.3) is 5.91 Å². The Morgan fingerprint density at radius 2 is 1.86 bits per heavy atom. The van der Waals surface area contributed by atoms with Crippen LogP contribution >= 0.6 is 0 Å². The van der Waals surface area contributed by atoms with E-state index in [1.54, 1.807) is 31.4 Å². The molecule has 2 N–H and O–H groups in total. The highest BCUT2D eigenvalue weighted by Crippen LogP contribution is 2.17. The van der Waals surface area contributed by atoms with Crippen molar-refractivity contribution in [3.8, 4) is 5.75 Å². The van der Waals surface area contributed by atoms with Crippen LogP contribution in [-0.4, -0.2) is 24.7 Å². The number of aliphatic hydroxyl groups is 1. The Balaban J connectivity index is 1.99. The Bertz CT molecular complexity index is 650. The third-order valence-corrected chi connectivity index (χ3v) is 3.59. The normalized spacial score (nSPS) is 11.8. The monoisotopic (exact) mass is 299 g/mol. The molecule has 2 rings (SSSR count). The first-order valence-electron chi connectivity index (χ1n) is 7.18. The van der Waals surface area contributed by atoms with Crippen LogP contribution in [-0.2, 0) is 0 Å². The molecule has 0 fully saturated rings. The minimum atomic E-state index is -0.750. The van der Waals surface area contributed by atoms with Gasteiger partial charge in [0.1, 0.15) is 5.75 Å². The Kier molecular flexibility index (Phi) is 5.17. The summed E-state index contributed by atoms with van der Waals surface area (Å²) >= 11 is 0. The van der Waals surface area contributed by atoms with Gasteiger partial charge in [0.2, 0.25) is 0 Å². The molecule has 4 nitrogen and oxygen atoms in total. The quantitative estimate of drug-likeness (QED) is 0.892. The third-order valence-electron chi connectivity index (χ3n) is 3.59. The van der Waals surface area contributed by atoms with Gasteiger partial charge >= 0.3 is 0 Å². The first kappa shape index (κ1) is 16.0. The number of ether oxygens (including phenoxy) is 1. The summed E-state index contributed by atoms with van der Waals surface area (Å²) < 4.78 is 5.08. The van der Waals surface area contributed by atoms with Crippen molar-refractivity contribution in [3.63, 3.8) is 0 Å². The first-order valence-corrected chi connectivity index (χ1v) is 7.18. The summed E-state index contributed by atoms with van der Waals surface area (Å²) in [5.74, 6) is 0.559. The number of aryl methyl sites for hydroxylation is 2. The van der Waals surface area contributed by atoms with Gasteiger partial charge in [0.15, 0.2) is 0 Å². The summed E-state index contributed by atoms with van der Waals surface area (Å²) in [4.78, 5) is 12.2. The maximum absolute atomic E-state index is 12.2. The highest BCUT2D eigenvalue weighted by atomic mass is 16.5. The van der Waals surface area contributed by atoms with Crippen LogP contribution in [0.4, 0.5) is 0 Å². The lowest BCUT2D eigenvalue weighted by Gasteiger charge is -2.14. The number of carbonyl (C=O) groups excluding carboxylic acids is 1. The van der Waals surface area contributed by atoms with Gasteiger partial charge in [0.05, 0.1) is 13.2 Å². The maximum Gasteiger partial charge on any atom is 0.251 e. The molecule has 116 valence electrons. The van der Waals surface area contributed by atoms with Gasteiger partial charge in [-0.2, -0.15) is 0 Å². The molecule has 1 amide bonds. The van der Waals surface area contributed by atoms with Crippen LogP contribution in [0.1, 0.15) is 33.2 Å². The van der Waals surface area contributed by atoms with Crippen LogP contribution in [0, 0.1) is 13.8 Å². The average molecular weight is 299 g/mol. The van der Waals surface area contributed by atoms with E-state index in [0.29, 0.717) is 5.56 Å².